The Bertz CT molecular complexity index is 1050. The Morgan fingerprint density at radius 1 is 1.33 bits per heavy atom. The summed E-state index contributed by atoms with van der Waals surface area (Å²) in [5, 5.41) is 6.88. The largest absolute Gasteiger partial charge is 0.496 e. The number of hydrogen-bond acceptors (Lipinski definition) is 5. The molecular formula is C18H13BrClN3O2S2. The summed E-state index contributed by atoms with van der Waals surface area (Å²) in [5.41, 5.74) is 1.58. The standard InChI is InChI=1S/C18H13BrClN3O2S2/c1-25-14-6-3-11(19)8-10(14)2-7-16(24)22-17(26)23-18-21-13-5-4-12(20)9-15(13)27-18/h2-9H,1H3,(H2,21,22,23,24,26)/b7-2+. The number of halogens is 2. The SMILES string of the molecule is COc1ccc(Br)cc1/C=C/C(=O)NC(=S)Nc1nc2ccc(Cl)cc2s1. The fraction of sp³-hybridized carbons (Fsp3) is 0.0556. The lowest BCUT2D eigenvalue weighted by molar-refractivity contribution is -0.115. The summed E-state index contributed by atoms with van der Waals surface area (Å²) in [6, 6.07) is 11.0. The third-order valence-electron chi connectivity index (χ3n) is 3.41. The van der Waals surface area contributed by atoms with Gasteiger partial charge in [-0.2, -0.15) is 0 Å². The van der Waals surface area contributed by atoms with Crippen molar-refractivity contribution in [2.45, 2.75) is 0 Å². The van der Waals surface area contributed by atoms with Gasteiger partial charge in [-0.1, -0.05) is 38.9 Å². The molecule has 0 spiro atoms. The summed E-state index contributed by atoms with van der Waals surface area (Å²) < 4.78 is 7.09. The molecule has 0 bridgehead atoms. The normalized spacial score (nSPS) is 10.9. The van der Waals surface area contributed by atoms with Gasteiger partial charge in [-0.15, -0.1) is 0 Å². The number of fused-ring (bicyclic) bond motifs is 1. The molecule has 0 saturated carbocycles. The van der Waals surface area contributed by atoms with Gasteiger partial charge in [0.1, 0.15) is 5.75 Å². The Hall–Kier alpha value is -2.00. The van der Waals surface area contributed by atoms with Crippen molar-refractivity contribution in [1.29, 1.82) is 0 Å². The van der Waals surface area contributed by atoms with Crippen LogP contribution in [0.2, 0.25) is 5.02 Å². The molecule has 2 N–H and O–H groups in total. The molecule has 0 unspecified atom stereocenters. The van der Waals surface area contributed by atoms with Crippen molar-refractivity contribution in [2.75, 3.05) is 12.4 Å². The van der Waals surface area contributed by atoms with E-state index in [4.69, 9.17) is 28.6 Å². The monoisotopic (exact) mass is 481 g/mol. The minimum Gasteiger partial charge on any atom is -0.496 e. The number of aromatic nitrogens is 1. The molecule has 0 aliphatic carbocycles. The first-order chi connectivity index (χ1) is 12.9. The van der Waals surface area contributed by atoms with E-state index >= 15 is 0 Å². The van der Waals surface area contributed by atoms with Gasteiger partial charge < -0.3 is 10.1 Å². The highest BCUT2D eigenvalue weighted by molar-refractivity contribution is 9.10. The van der Waals surface area contributed by atoms with Gasteiger partial charge in [0.25, 0.3) is 0 Å². The Kier molecular flexibility index (Phi) is 6.43. The van der Waals surface area contributed by atoms with Gasteiger partial charge in [0.2, 0.25) is 5.91 Å². The van der Waals surface area contributed by atoms with Crippen LogP contribution in [0.25, 0.3) is 16.3 Å². The molecule has 1 amide bonds. The molecule has 1 heterocycles. The van der Waals surface area contributed by atoms with Crippen LogP contribution in [0.5, 0.6) is 5.75 Å². The molecule has 0 radical (unpaired) electrons. The van der Waals surface area contributed by atoms with Crippen molar-refractivity contribution in [3.05, 3.63) is 57.5 Å². The Morgan fingerprint density at radius 3 is 2.93 bits per heavy atom. The van der Waals surface area contributed by atoms with E-state index in [1.165, 1.54) is 17.4 Å². The highest BCUT2D eigenvalue weighted by Gasteiger charge is 2.08. The number of rotatable bonds is 4. The van der Waals surface area contributed by atoms with E-state index < -0.39 is 0 Å². The molecule has 2 aromatic carbocycles. The molecule has 0 aliphatic rings. The smallest absolute Gasteiger partial charge is 0.250 e. The molecule has 3 aromatic rings. The Labute approximate surface area is 178 Å². The molecule has 0 saturated heterocycles. The lowest BCUT2D eigenvalue weighted by Gasteiger charge is -2.06. The number of nitrogens with one attached hydrogen (secondary N) is 2. The first-order valence-electron chi connectivity index (χ1n) is 7.64. The van der Waals surface area contributed by atoms with Crippen LogP contribution in [0.1, 0.15) is 5.56 Å². The summed E-state index contributed by atoms with van der Waals surface area (Å²) in [6.45, 7) is 0. The Morgan fingerprint density at radius 2 is 2.15 bits per heavy atom. The fourth-order valence-electron chi connectivity index (χ4n) is 2.23. The number of benzene rings is 2. The zero-order valence-corrected chi connectivity index (χ0v) is 17.9. The van der Waals surface area contributed by atoms with E-state index in [-0.39, 0.29) is 11.0 Å². The molecule has 1 aromatic heterocycles. The van der Waals surface area contributed by atoms with Crippen LogP contribution < -0.4 is 15.4 Å². The number of amides is 1. The number of nitrogens with zero attached hydrogens (tertiary/aromatic N) is 1. The topological polar surface area (TPSA) is 63.2 Å². The predicted octanol–water partition coefficient (Wildman–Crippen LogP) is 5.25. The van der Waals surface area contributed by atoms with Crippen molar-refractivity contribution < 1.29 is 9.53 Å². The van der Waals surface area contributed by atoms with E-state index in [9.17, 15) is 4.79 Å². The van der Waals surface area contributed by atoms with Crippen molar-refractivity contribution in [1.82, 2.24) is 10.3 Å². The summed E-state index contributed by atoms with van der Waals surface area (Å²) in [7, 11) is 1.57. The van der Waals surface area contributed by atoms with E-state index in [0.717, 1.165) is 20.3 Å². The second kappa shape index (κ2) is 8.79. The number of anilines is 1. The molecule has 5 nitrogen and oxygen atoms in total. The van der Waals surface area contributed by atoms with Crippen molar-refractivity contribution in [3.63, 3.8) is 0 Å². The number of thiazole rings is 1. The maximum Gasteiger partial charge on any atom is 0.250 e. The minimum atomic E-state index is -0.362. The van der Waals surface area contributed by atoms with Gasteiger partial charge in [0, 0.05) is 21.1 Å². The first kappa shape index (κ1) is 19.8. The van der Waals surface area contributed by atoms with Crippen LogP contribution in [0, 0.1) is 0 Å². The summed E-state index contributed by atoms with van der Waals surface area (Å²) in [4.78, 5) is 16.5. The van der Waals surface area contributed by atoms with E-state index in [1.807, 2.05) is 30.3 Å². The molecule has 0 atom stereocenters. The lowest BCUT2D eigenvalue weighted by Crippen LogP contribution is -2.32. The maximum atomic E-state index is 12.1. The first-order valence-corrected chi connectivity index (χ1v) is 10.0. The van der Waals surface area contributed by atoms with Gasteiger partial charge in [0.05, 0.1) is 17.3 Å². The fourth-order valence-corrected chi connectivity index (χ4v) is 4.02. The molecule has 0 aliphatic heterocycles. The van der Waals surface area contributed by atoms with E-state index in [1.54, 1.807) is 19.3 Å². The van der Waals surface area contributed by atoms with Crippen LogP contribution in [0.3, 0.4) is 0 Å². The van der Waals surface area contributed by atoms with Crippen LogP contribution >= 0.6 is 51.1 Å². The van der Waals surface area contributed by atoms with E-state index in [2.05, 4.69) is 31.5 Å². The lowest BCUT2D eigenvalue weighted by atomic mass is 10.2. The highest BCUT2D eigenvalue weighted by Crippen LogP contribution is 2.28. The Balaban J connectivity index is 1.63. The summed E-state index contributed by atoms with van der Waals surface area (Å²) in [5.74, 6) is 0.301. The van der Waals surface area contributed by atoms with Gasteiger partial charge in [-0.05, 0) is 54.7 Å². The molecule has 3 rings (SSSR count). The predicted molar refractivity (Wildman–Crippen MR) is 119 cm³/mol. The zero-order valence-electron chi connectivity index (χ0n) is 14.0. The number of hydrogen-bond donors (Lipinski definition) is 2. The van der Waals surface area contributed by atoms with Gasteiger partial charge in [-0.3, -0.25) is 10.1 Å². The minimum absolute atomic E-state index is 0.163. The molecule has 27 heavy (non-hydrogen) atoms. The highest BCUT2D eigenvalue weighted by atomic mass is 79.9. The van der Waals surface area contributed by atoms with Gasteiger partial charge in [0.15, 0.2) is 10.2 Å². The molecular weight excluding hydrogens is 470 g/mol. The number of carbonyl (C=O) groups excluding carboxylic acids is 1. The third kappa shape index (κ3) is 5.26. The average molecular weight is 483 g/mol. The van der Waals surface area contributed by atoms with E-state index in [0.29, 0.717) is 15.9 Å². The number of methoxy groups -OCH3 is 1. The summed E-state index contributed by atoms with van der Waals surface area (Å²) in [6.07, 6.45) is 3.04. The van der Waals surface area contributed by atoms with Crippen molar-refractivity contribution in [2.24, 2.45) is 0 Å². The van der Waals surface area contributed by atoms with Crippen LogP contribution in [0.15, 0.2) is 46.9 Å². The van der Waals surface area contributed by atoms with Crippen LogP contribution in [-0.4, -0.2) is 23.1 Å². The van der Waals surface area contributed by atoms with Crippen LogP contribution in [-0.2, 0) is 4.79 Å². The average Bonchev–Trinajstić information content (AvgIpc) is 3.01. The number of carbonyl (C=O) groups is 1. The van der Waals surface area contributed by atoms with Crippen LogP contribution in [0.4, 0.5) is 5.13 Å². The quantitative estimate of drug-likeness (QED) is 0.393. The van der Waals surface area contributed by atoms with Gasteiger partial charge >= 0.3 is 0 Å². The molecule has 138 valence electrons. The zero-order chi connectivity index (χ0) is 19.4. The maximum absolute atomic E-state index is 12.1. The third-order valence-corrected chi connectivity index (χ3v) is 5.28. The second-order valence-electron chi connectivity index (χ2n) is 5.29. The number of ether oxygens (including phenoxy) is 1. The van der Waals surface area contributed by atoms with Crippen molar-refractivity contribution in [3.8, 4) is 5.75 Å². The number of thiocarbonyl (C=S) groups is 1. The molecule has 0 fully saturated rings. The summed E-state index contributed by atoms with van der Waals surface area (Å²) >= 11 is 15.9. The second-order valence-corrected chi connectivity index (χ2v) is 8.09. The van der Waals surface area contributed by atoms with Gasteiger partial charge in [-0.25, -0.2) is 4.98 Å². The van der Waals surface area contributed by atoms with Crippen molar-refractivity contribution >= 4 is 83.5 Å². The molecule has 9 heteroatoms.